The molecule has 0 amide bonds. The molecular weight excluding hydrogens is 220 g/mol. The zero-order chi connectivity index (χ0) is 13.6. The van der Waals surface area contributed by atoms with Gasteiger partial charge >= 0.3 is 0 Å². The van der Waals surface area contributed by atoms with E-state index in [9.17, 15) is 4.79 Å². The topological polar surface area (TPSA) is 17.1 Å². The van der Waals surface area contributed by atoms with Crippen molar-refractivity contribution < 1.29 is 4.79 Å². The molecule has 104 valence electrons. The summed E-state index contributed by atoms with van der Waals surface area (Å²) in [6.07, 6.45) is 8.23. The van der Waals surface area contributed by atoms with Crippen LogP contribution >= 0.6 is 0 Å². The Morgan fingerprint density at radius 3 is 2.39 bits per heavy atom. The lowest BCUT2D eigenvalue weighted by atomic mass is 9.45. The smallest absolute Gasteiger partial charge is 0.142 e. The molecule has 0 unspecified atom stereocenters. The molecule has 0 aliphatic heterocycles. The first-order valence-corrected chi connectivity index (χ1v) is 7.81. The van der Waals surface area contributed by atoms with Crippen LogP contribution in [-0.2, 0) is 4.79 Å². The summed E-state index contributed by atoms with van der Waals surface area (Å²) in [7, 11) is 0. The van der Waals surface area contributed by atoms with Gasteiger partial charge in [0.05, 0.1) is 0 Å². The first kappa shape index (κ1) is 14.1. The average molecular weight is 250 g/mol. The van der Waals surface area contributed by atoms with Crippen molar-refractivity contribution in [2.75, 3.05) is 0 Å². The highest BCUT2D eigenvalue weighted by atomic mass is 16.1. The molecule has 1 nitrogen and oxygen atoms in total. The van der Waals surface area contributed by atoms with E-state index in [4.69, 9.17) is 0 Å². The minimum Gasteiger partial charge on any atom is -0.299 e. The fraction of sp³-hybridized carbons (Fsp3) is 0.941. The third kappa shape index (κ3) is 1.85. The van der Waals surface area contributed by atoms with Crippen LogP contribution in [0.5, 0.6) is 0 Å². The molecule has 2 fully saturated rings. The molecule has 0 saturated heterocycles. The molecule has 0 bridgehead atoms. The van der Waals surface area contributed by atoms with Gasteiger partial charge in [0.15, 0.2) is 0 Å². The number of ketones is 1. The summed E-state index contributed by atoms with van der Waals surface area (Å²) in [5.74, 6) is 0.914. The van der Waals surface area contributed by atoms with Crippen molar-refractivity contribution in [2.24, 2.45) is 22.2 Å². The lowest BCUT2D eigenvalue weighted by Crippen LogP contribution is -2.55. The fourth-order valence-corrected chi connectivity index (χ4v) is 4.64. The van der Waals surface area contributed by atoms with Gasteiger partial charge in [0.25, 0.3) is 0 Å². The molecule has 18 heavy (non-hydrogen) atoms. The molecule has 1 heteroatoms. The monoisotopic (exact) mass is 250 g/mol. The maximum absolute atomic E-state index is 13.0. The number of carbonyl (C=O) groups excluding carboxylic acids is 1. The molecule has 2 aliphatic carbocycles. The SMILES string of the molecule is CCC[C@]1(C)CC[C@@]2(C)[C@@H](CCCC2(C)C)C1=O. The van der Waals surface area contributed by atoms with E-state index in [0.29, 0.717) is 17.1 Å². The molecule has 0 spiro atoms. The van der Waals surface area contributed by atoms with Gasteiger partial charge in [-0.3, -0.25) is 4.79 Å². The van der Waals surface area contributed by atoms with Crippen LogP contribution in [0, 0.1) is 22.2 Å². The van der Waals surface area contributed by atoms with Crippen LogP contribution < -0.4 is 0 Å². The molecule has 0 N–H and O–H groups in total. The normalized spacial score (nSPS) is 43.6. The first-order chi connectivity index (χ1) is 8.27. The maximum atomic E-state index is 13.0. The zero-order valence-electron chi connectivity index (χ0n) is 12.9. The van der Waals surface area contributed by atoms with Crippen molar-refractivity contribution in [2.45, 2.75) is 79.6 Å². The quantitative estimate of drug-likeness (QED) is 0.675. The molecule has 0 aromatic rings. The van der Waals surface area contributed by atoms with Crippen LogP contribution in [0.15, 0.2) is 0 Å². The number of hydrogen-bond acceptors (Lipinski definition) is 1. The summed E-state index contributed by atoms with van der Waals surface area (Å²) >= 11 is 0. The Balaban J connectivity index is 2.31. The van der Waals surface area contributed by atoms with Crippen LogP contribution in [0.3, 0.4) is 0 Å². The summed E-state index contributed by atoms with van der Waals surface area (Å²) in [6.45, 7) is 11.6. The van der Waals surface area contributed by atoms with E-state index in [-0.39, 0.29) is 10.8 Å². The second-order valence-electron chi connectivity index (χ2n) is 7.92. The van der Waals surface area contributed by atoms with Gasteiger partial charge in [-0.25, -0.2) is 0 Å². The summed E-state index contributed by atoms with van der Waals surface area (Å²) in [6, 6.07) is 0. The predicted octanol–water partition coefficient (Wildman–Crippen LogP) is 4.99. The Labute approximate surface area is 113 Å². The minimum atomic E-state index is -0.0215. The second-order valence-corrected chi connectivity index (χ2v) is 7.92. The summed E-state index contributed by atoms with van der Waals surface area (Å²) in [4.78, 5) is 13.0. The largest absolute Gasteiger partial charge is 0.299 e. The predicted molar refractivity (Wildman–Crippen MR) is 76.5 cm³/mol. The maximum Gasteiger partial charge on any atom is 0.142 e. The van der Waals surface area contributed by atoms with Crippen molar-refractivity contribution in [3.8, 4) is 0 Å². The van der Waals surface area contributed by atoms with Gasteiger partial charge in [-0.2, -0.15) is 0 Å². The van der Waals surface area contributed by atoms with E-state index in [1.54, 1.807) is 0 Å². The van der Waals surface area contributed by atoms with Gasteiger partial charge in [-0.05, 0) is 42.9 Å². The van der Waals surface area contributed by atoms with E-state index < -0.39 is 0 Å². The lowest BCUT2D eigenvalue weighted by molar-refractivity contribution is -0.156. The van der Waals surface area contributed by atoms with Gasteiger partial charge in [-0.1, -0.05) is 47.5 Å². The molecule has 2 aliphatic rings. The molecule has 0 radical (unpaired) electrons. The number of Topliss-reactive ketones (excluding diaryl/α,β-unsaturated/α-hetero) is 1. The Morgan fingerprint density at radius 2 is 1.78 bits per heavy atom. The third-order valence-electron chi connectivity index (χ3n) is 6.52. The summed E-state index contributed by atoms with van der Waals surface area (Å²) in [5.41, 5.74) is 0.557. The van der Waals surface area contributed by atoms with Gasteiger partial charge in [-0.15, -0.1) is 0 Å². The van der Waals surface area contributed by atoms with Crippen LogP contribution in [-0.4, -0.2) is 5.78 Å². The van der Waals surface area contributed by atoms with E-state index in [0.717, 1.165) is 25.7 Å². The third-order valence-corrected chi connectivity index (χ3v) is 6.52. The molecule has 0 heterocycles. The van der Waals surface area contributed by atoms with Crippen LogP contribution in [0.2, 0.25) is 0 Å². The van der Waals surface area contributed by atoms with Crippen LogP contribution in [0.4, 0.5) is 0 Å². The number of rotatable bonds is 2. The minimum absolute atomic E-state index is 0.0215. The van der Waals surface area contributed by atoms with Gasteiger partial charge < -0.3 is 0 Å². The van der Waals surface area contributed by atoms with Gasteiger partial charge in [0, 0.05) is 11.3 Å². The fourth-order valence-electron chi connectivity index (χ4n) is 4.64. The Kier molecular flexibility index (Phi) is 3.41. The molecule has 3 atom stereocenters. The van der Waals surface area contributed by atoms with Crippen molar-refractivity contribution >= 4 is 5.78 Å². The van der Waals surface area contributed by atoms with E-state index in [1.807, 2.05) is 0 Å². The second kappa shape index (κ2) is 4.35. The lowest BCUT2D eigenvalue weighted by Gasteiger charge is -2.58. The first-order valence-electron chi connectivity index (χ1n) is 7.81. The number of hydrogen-bond donors (Lipinski definition) is 0. The Hall–Kier alpha value is -0.330. The van der Waals surface area contributed by atoms with Crippen molar-refractivity contribution in [3.05, 3.63) is 0 Å². The summed E-state index contributed by atoms with van der Waals surface area (Å²) < 4.78 is 0. The molecular formula is C17H30O. The van der Waals surface area contributed by atoms with Gasteiger partial charge in [0.2, 0.25) is 0 Å². The molecule has 0 aromatic heterocycles. The van der Waals surface area contributed by atoms with Crippen molar-refractivity contribution in [3.63, 3.8) is 0 Å². The molecule has 2 saturated carbocycles. The number of fused-ring (bicyclic) bond motifs is 1. The van der Waals surface area contributed by atoms with Crippen LogP contribution in [0.1, 0.15) is 79.6 Å². The standard InChI is InChI=1S/C17H30O/c1-6-9-16(4)11-12-17(5)13(14(16)18)8-7-10-15(17,2)3/h13H,6-12H2,1-5H3/t13-,16+,17-/m0/s1. The molecule has 2 rings (SSSR count). The Morgan fingerprint density at radius 1 is 1.11 bits per heavy atom. The van der Waals surface area contributed by atoms with E-state index in [2.05, 4.69) is 34.6 Å². The van der Waals surface area contributed by atoms with E-state index in [1.165, 1.54) is 19.3 Å². The average Bonchev–Trinajstić information content (AvgIpc) is 2.28. The van der Waals surface area contributed by atoms with Gasteiger partial charge in [0.1, 0.15) is 5.78 Å². The highest BCUT2D eigenvalue weighted by Crippen LogP contribution is 2.61. The highest BCUT2D eigenvalue weighted by Gasteiger charge is 2.57. The van der Waals surface area contributed by atoms with Crippen molar-refractivity contribution in [1.82, 2.24) is 0 Å². The molecule has 0 aromatic carbocycles. The van der Waals surface area contributed by atoms with E-state index >= 15 is 0 Å². The Bertz CT molecular complexity index is 344. The summed E-state index contributed by atoms with van der Waals surface area (Å²) in [5, 5.41) is 0. The van der Waals surface area contributed by atoms with Crippen molar-refractivity contribution in [1.29, 1.82) is 0 Å². The zero-order valence-corrected chi connectivity index (χ0v) is 12.9. The number of carbonyl (C=O) groups is 1. The van der Waals surface area contributed by atoms with Crippen LogP contribution in [0.25, 0.3) is 0 Å². The highest BCUT2D eigenvalue weighted by molar-refractivity contribution is 5.88.